The first-order chi connectivity index (χ1) is 11.5. The summed E-state index contributed by atoms with van der Waals surface area (Å²) in [5.41, 5.74) is 1.28. The van der Waals surface area contributed by atoms with E-state index in [1.807, 2.05) is 18.2 Å². The number of hydrogen-bond donors (Lipinski definition) is 1. The van der Waals surface area contributed by atoms with Crippen LogP contribution in [-0.4, -0.2) is 15.0 Å². The third kappa shape index (κ3) is 4.18. The second kappa shape index (κ2) is 7.26. The summed E-state index contributed by atoms with van der Waals surface area (Å²) in [4.78, 5) is 0.264. The third-order valence-electron chi connectivity index (χ3n) is 4.85. The van der Waals surface area contributed by atoms with Gasteiger partial charge in [-0.15, -0.1) is 0 Å². The highest BCUT2D eigenvalue weighted by atomic mass is 35.5. The van der Waals surface area contributed by atoms with E-state index < -0.39 is 10.0 Å². The van der Waals surface area contributed by atoms with Crippen molar-refractivity contribution in [2.75, 3.05) is 6.54 Å². The van der Waals surface area contributed by atoms with Crippen molar-refractivity contribution in [2.45, 2.75) is 37.0 Å². The molecule has 1 N–H and O–H groups in total. The second-order valence-corrected chi connectivity index (χ2v) is 8.85. The average molecular weight is 364 g/mol. The Balaban J connectivity index is 1.73. The fraction of sp³-hybridized carbons (Fsp3) is 0.368. The molecule has 0 aromatic heterocycles. The van der Waals surface area contributed by atoms with Gasteiger partial charge in [-0.05, 0) is 54.5 Å². The summed E-state index contributed by atoms with van der Waals surface area (Å²) in [5.74, 6) is 0. The van der Waals surface area contributed by atoms with Gasteiger partial charge in [0.2, 0.25) is 10.0 Å². The molecule has 3 nitrogen and oxygen atoms in total. The number of nitrogens with one attached hydrogen (secondary N) is 1. The Labute approximate surface area is 149 Å². The van der Waals surface area contributed by atoms with Gasteiger partial charge in [0.05, 0.1) is 4.90 Å². The zero-order valence-corrected chi connectivity index (χ0v) is 15.1. The van der Waals surface area contributed by atoms with Crippen molar-refractivity contribution in [1.82, 2.24) is 4.72 Å². The third-order valence-corrected chi connectivity index (χ3v) is 6.52. The molecule has 3 rings (SSSR count). The zero-order valence-electron chi connectivity index (χ0n) is 13.5. The van der Waals surface area contributed by atoms with E-state index in [9.17, 15) is 8.42 Å². The Bertz CT molecular complexity index is 767. The first-order valence-corrected chi connectivity index (χ1v) is 10.1. The average Bonchev–Trinajstić information content (AvgIpc) is 3.03. The number of benzene rings is 2. The molecule has 0 aliphatic heterocycles. The molecule has 0 atom stereocenters. The van der Waals surface area contributed by atoms with Crippen LogP contribution in [0.15, 0.2) is 59.5 Å². The molecular weight excluding hydrogens is 342 g/mol. The highest BCUT2D eigenvalue weighted by Crippen LogP contribution is 2.40. The van der Waals surface area contributed by atoms with E-state index in [-0.39, 0.29) is 10.3 Å². The molecule has 0 spiro atoms. The van der Waals surface area contributed by atoms with Crippen molar-refractivity contribution in [3.8, 4) is 0 Å². The van der Waals surface area contributed by atoms with Gasteiger partial charge < -0.3 is 0 Å². The minimum absolute atomic E-state index is 0.0147. The van der Waals surface area contributed by atoms with Crippen LogP contribution in [0.4, 0.5) is 0 Å². The zero-order chi connectivity index (χ0) is 17.0. The van der Waals surface area contributed by atoms with Crippen LogP contribution < -0.4 is 4.72 Å². The smallest absolute Gasteiger partial charge is 0.211 e. The lowest BCUT2D eigenvalue weighted by atomic mass is 9.80. The monoisotopic (exact) mass is 363 g/mol. The molecule has 1 aliphatic rings. The number of rotatable bonds is 6. The van der Waals surface area contributed by atoms with Gasteiger partial charge in [-0.2, -0.15) is 0 Å². The van der Waals surface area contributed by atoms with Gasteiger partial charge in [-0.1, -0.05) is 54.8 Å². The van der Waals surface area contributed by atoms with Crippen LogP contribution in [0.5, 0.6) is 0 Å². The summed E-state index contributed by atoms with van der Waals surface area (Å²) in [5, 5.41) is 0.533. The molecule has 0 heterocycles. The summed E-state index contributed by atoms with van der Waals surface area (Å²) < 4.78 is 27.9. The Hall–Kier alpha value is -1.36. The van der Waals surface area contributed by atoms with Gasteiger partial charge in [0.15, 0.2) is 0 Å². The maximum absolute atomic E-state index is 12.5. The number of sulfonamides is 1. The molecule has 0 radical (unpaired) electrons. The summed E-state index contributed by atoms with van der Waals surface area (Å²) in [6.45, 7) is 0.479. The Morgan fingerprint density at radius 1 is 0.958 bits per heavy atom. The van der Waals surface area contributed by atoms with Gasteiger partial charge in [0.25, 0.3) is 0 Å². The Morgan fingerprint density at radius 2 is 1.58 bits per heavy atom. The van der Waals surface area contributed by atoms with Gasteiger partial charge in [0, 0.05) is 11.6 Å². The number of halogens is 1. The molecule has 0 bridgehead atoms. The Morgan fingerprint density at radius 3 is 2.21 bits per heavy atom. The highest BCUT2D eigenvalue weighted by molar-refractivity contribution is 7.89. The summed E-state index contributed by atoms with van der Waals surface area (Å²) in [7, 11) is -3.50. The fourth-order valence-corrected chi connectivity index (χ4v) is 4.80. The minimum atomic E-state index is -3.50. The molecule has 2 aromatic carbocycles. The normalized spacial score (nSPS) is 17.0. The SMILES string of the molecule is O=S(=O)(NCC1(Cc2ccccc2)CCCC1)c1ccc(Cl)cc1. The van der Waals surface area contributed by atoms with Crippen LogP contribution in [0.25, 0.3) is 0 Å². The van der Waals surface area contributed by atoms with E-state index in [1.165, 1.54) is 5.56 Å². The van der Waals surface area contributed by atoms with Crippen molar-refractivity contribution in [3.05, 3.63) is 65.2 Å². The Kier molecular flexibility index (Phi) is 5.28. The van der Waals surface area contributed by atoms with Crippen LogP contribution in [0, 0.1) is 5.41 Å². The highest BCUT2D eigenvalue weighted by Gasteiger charge is 2.35. The quantitative estimate of drug-likeness (QED) is 0.825. The molecule has 0 saturated heterocycles. The van der Waals surface area contributed by atoms with E-state index in [2.05, 4.69) is 16.9 Å². The molecule has 1 aliphatic carbocycles. The fourth-order valence-electron chi connectivity index (χ4n) is 3.52. The molecule has 128 valence electrons. The molecule has 0 unspecified atom stereocenters. The van der Waals surface area contributed by atoms with Crippen LogP contribution >= 0.6 is 11.6 Å². The van der Waals surface area contributed by atoms with Gasteiger partial charge >= 0.3 is 0 Å². The van der Waals surface area contributed by atoms with Crippen LogP contribution in [-0.2, 0) is 16.4 Å². The standard InChI is InChI=1S/C19H22ClNO2S/c20-17-8-10-18(11-9-17)24(22,23)21-15-19(12-4-5-13-19)14-16-6-2-1-3-7-16/h1-3,6-11,21H,4-5,12-15H2. The second-order valence-electron chi connectivity index (χ2n) is 6.65. The van der Waals surface area contributed by atoms with E-state index in [0.29, 0.717) is 11.6 Å². The lowest BCUT2D eigenvalue weighted by Gasteiger charge is -2.29. The van der Waals surface area contributed by atoms with Crippen LogP contribution in [0.3, 0.4) is 0 Å². The first-order valence-electron chi connectivity index (χ1n) is 8.28. The topological polar surface area (TPSA) is 46.2 Å². The maximum Gasteiger partial charge on any atom is 0.240 e. The first kappa shape index (κ1) is 17.5. The summed E-state index contributed by atoms with van der Waals surface area (Å²) in [6.07, 6.45) is 5.36. The van der Waals surface area contributed by atoms with Gasteiger partial charge in [-0.3, -0.25) is 0 Å². The summed E-state index contributed by atoms with van der Waals surface area (Å²) in [6, 6.07) is 16.6. The molecule has 24 heavy (non-hydrogen) atoms. The van der Waals surface area contributed by atoms with Crippen molar-refractivity contribution in [3.63, 3.8) is 0 Å². The maximum atomic E-state index is 12.5. The van der Waals surface area contributed by atoms with Crippen molar-refractivity contribution >= 4 is 21.6 Å². The van der Waals surface area contributed by atoms with E-state index in [0.717, 1.165) is 32.1 Å². The largest absolute Gasteiger partial charge is 0.240 e. The number of hydrogen-bond acceptors (Lipinski definition) is 2. The molecule has 1 fully saturated rings. The van der Waals surface area contributed by atoms with Gasteiger partial charge in [0.1, 0.15) is 0 Å². The molecular formula is C19H22ClNO2S. The minimum Gasteiger partial charge on any atom is -0.211 e. The summed E-state index contributed by atoms with van der Waals surface area (Å²) >= 11 is 5.84. The van der Waals surface area contributed by atoms with Crippen molar-refractivity contribution in [2.24, 2.45) is 5.41 Å². The van der Waals surface area contributed by atoms with Crippen molar-refractivity contribution in [1.29, 1.82) is 0 Å². The predicted molar refractivity (Wildman–Crippen MR) is 97.7 cm³/mol. The molecule has 1 saturated carbocycles. The molecule has 2 aromatic rings. The lowest BCUT2D eigenvalue weighted by molar-refractivity contribution is 0.295. The van der Waals surface area contributed by atoms with E-state index in [4.69, 9.17) is 11.6 Å². The molecule has 5 heteroatoms. The predicted octanol–water partition coefficient (Wildman–Crippen LogP) is 4.42. The van der Waals surface area contributed by atoms with Crippen LogP contribution in [0.2, 0.25) is 5.02 Å². The van der Waals surface area contributed by atoms with Crippen LogP contribution in [0.1, 0.15) is 31.2 Å². The van der Waals surface area contributed by atoms with Crippen molar-refractivity contribution < 1.29 is 8.42 Å². The van der Waals surface area contributed by atoms with Gasteiger partial charge in [-0.25, -0.2) is 13.1 Å². The lowest BCUT2D eigenvalue weighted by Crippen LogP contribution is -2.37. The van der Waals surface area contributed by atoms with E-state index >= 15 is 0 Å². The van der Waals surface area contributed by atoms with E-state index in [1.54, 1.807) is 24.3 Å². The molecule has 0 amide bonds.